The number of rotatable bonds is 5. The number of hydrogen-bond donors (Lipinski definition) is 0. The SMILES string of the molecule is C/C=C/CC(C#N)c1ccccc1S(=O)c1ccc(C)cc1. The van der Waals surface area contributed by atoms with Crippen LogP contribution in [0.25, 0.3) is 0 Å². The molecule has 2 aromatic carbocycles. The van der Waals surface area contributed by atoms with Gasteiger partial charge in [-0.3, -0.25) is 0 Å². The van der Waals surface area contributed by atoms with E-state index in [0.29, 0.717) is 6.42 Å². The van der Waals surface area contributed by atoms with E-state index in [4.69, 9.17) is 0 Å². The molecule has 0 aromatic heterocycles. The Bertz CT molecular complexity index is 726. The average Bonchev–Trinajstić information content (AvgIpc) is 2.56. The van der Waals surface area contributed by atoms with Crippen molar-refractivity contribution in [3.8, 4) is 6.07 Å². The predicted octanol–water partition coefficient (Wildman–Crippen LogP) is 4.74. The van der Waals surface area contributed by atoms with Crippen molar-refractivity contribution in [1.82, 2.24) is 0 Å². The topological polar surface area (TPSA) is 40.9 Å². The molecule has 0 saturated heterocycles. The van der Waals surface area contributed by atoms with Crippen molar-refractivity contribution in [2.45, 2.75) is 36.0 Å². The standard InChI is InChI=1S/C19H19NOS/c1-3-4-7-16(14-20)18-8-5-6-9-19(18)22(21)17-12-10-15(2)11-13-17/h3-6,8-13,16H,7H2,1-2H3/b4-3+. The number of benzene rings is 2. The summed E-state index contributed by atoms with van der Waals surface area (Å²) in [5.74, 6) is -0.276. The van der Waals surface area contributed by atoms with E-state index in [1.165, 1.54) is 0 Å². The molecule has 3 heteroatoms. The molecule has 112 valence electrons. The lowest BCUT2D eigenvalue weighted by atomic mass is 9.97. The first-order valence-corrected chi connectivity index (χ1v) is 8.40. The summed E-state index contributed by atoms with van der Waals surface area (Å²) in [6.45, 7) is 3.94. The van der Waals surface area contributed by atoms with Gasteiger partial charge in [-0.2, -0.15) is 5.26 Å². The maximum atomic E-state index is 12.9. The van der Waals surface area contributed by atoms with E-state index in [9.17, 15) is 9.47 Å². The van der Waals surface area contributed by atoms with Crippen LogP contribution in [0.1, 0.15) is 30.4 Å². The highest BCUT2D eigenvalue weighted by Crippen LogP contribution is 2.28. The third-order valence-electron chi connectivity index (χ3n) is 3.49. The Balaban J connectivity index is 2.41. The van der Waals surface area contributed by atoms with E-state index in [2.05, 4.69) is 6.07 Å². The van der Waals surface area contributed by atoms with Gasteiger partial charge in [0.15, 0.2) is 0 Å². The van der Waals surface area contributed by atoms with Crippen LogP contribution >= 0.6 is 0 Å². The Labute approximate surface area is 134 Å². The van der Waals surface area contributed by atoms with Crippen LogP contribution in [0.5, 0.6) is 0 Å². The molecule has 0 heterocycles. The molecule has 0 aliphatic heterocycles. The van der Waals surface area contributed by atoms with E-state index < -0.39 is 10.8 Å². The van der Waals surface area contributed by atoms with E-state index in [0.717, 1.165) is 20.9 Å². The molecule has 0 radical (unpaired) electrons. The van der Waals surface area contributed by atoms with Gasteiger partial charge in [-0.05, 0) is 44.0 Å². The van der Waals surface area contributed by atoms with Gasteiger partial charge in [0.25, 0.3) is 0 Å². The first-order valence-electron chi connectivity index (χ1n) is 7.25. The summed E-state index contributed by atoms with van der Waals surface area (Å²) in [4.78, 5) is 1.49. The predicted molar refractivity (Wildman–Crippen MR) is 90.1 cm³/mol. The first kappa shape index (κ1) is 16.2. The normalized spacial score (nSPS) is 13.7. The minimum Gasteiger partial charge on any atom is -0.249 e. The van der Waals surface area contributed by atoms with Crippen LogP contribution < -0.4 is 0 Å². The van der Waals surface area contributed by atoms with Gasteiger partial charge in [-0.25, -0.2) is 4.21 Å². The molecule has 0 aliphatic rings. The van der Waals surface area contributed by atoms with Crippen molar-refractivity contribution in [2.75, 3.05) is 0 Å². The summed E-state index contributed by atoms with van der Waals surface area (Å²) >= 11 is 0. The molecule has 2 unspecified atom stereocenters. The van der Waals surface area contributed by atoms with Crippen molar-refractivity contribution in [2.24, 2.45) is 0 Å². The molecule has 0 amide bonds. The lowest BCUT2D eigenvalue weighted by Gasteiger charge is -2.13. The third-order valence-corrected chi connectivity index (χ3v) is 4.96. The lowest BCUT2D eigenvalue weighted by Crippen LogP contribution is -2.03. The van der Waals surface area contributed by atoms with Crippen molar-refractivity contribution >= 4 is 10.8 Å². The fourth-order valence-corrected chi connectivity index (χ4v) is 3.51. The summed E-state index contributed by atoms with van der Waals surface area (Å²) < 4.78 is 12.9. The Hall–Kier alpha value is -2.18. The Morgan fingerprint density at radius 3 is 2.50 bits per heavy atom. The van der Waals surface area contributed by atoms with E-state index in [1.54, 1.807) is 0 Å². The van der Waals surface area contributed by atoms with E-state index in [1.807, 2.05) is 74.5 Å². The second-order valence-corrected chi connectivity index (χ2v) is 6.55. The fourth-order valence-electron chi connectivity index (χ4n) is 2.25. The highest BCUT2D eigenvalue weighted by molar-refractivity contribution is 7.85. The van der Waals surface area contributed by atoms with Crippen LogP contribution in [0, 0.1) is 18.3 Å². The Morgan fingerprint density at radius 2 is 1.86 bits per heavy atom. The fraction of sp³-hybridized carbons (Fsp3) is 0.211. The lowest BCUT2D eigenvalue weighted by molar-refractivity contribution is 0.681. The zero-order chi connectivity index (χ0) is 15.9. The Morgan fingerprint density at radius 1 is 1.18 bits per heavy atom. The molecule has 0 fully saturated rings. The molecular weight excluding hydrogens is 290 g/mol. The molecule has 0 bridgehead atoms. The summed E-state index contributed by atoms with van der Waals surface area (Å²) in [6, 6.07) is 17.5. The summed E-state index contributed by atoms with van der Waals surface area (Å²) in [5.41, 5.74) is 1.99. The minimum absolute atomic E-state index is 0.276. The third kappa shape index (κ3) is 3.72. The quantitative estimate of drug-likeness (QED) is 0.749. The van der Waals surface area contributed by atoms with Crippen LogP contribution in [0.4, 0.5) is 0 Å². The van der Waals surface area contributed by atoms with Crippen LogP contribution in [0.15, 0.2) is 70.5 Å². The maximum Gasteiger partial charge on any atom is 0.0852 e. The summed E-state index contributed by atoms with van der Waals surface area (Å²) in [6.07, 6.45) is 4.54. The molecule has 0 N–H and O–H groups in total. The maximum absolute atomic E-state index is 12.9. The zero-order valence-corrected chi connectivity index (χ0v) is 13.6. The highest BCUT2D eigenvalue weighted by Gasteiger charge is 2.18. The molecule has 22 heavy (non-hydrogen) atoms. The number of hydrogen-bond acceptors (Lipinski definition) is 2. The first-order chi connectivity index (χ1) is 10.7. The van der Waals surface area contributed by atoms with Gasteiger partial charge in [-0.1, -0.05) is 48.0 Å². The van der Waals surface area contributed by atoms with Gasteiger partial charge in [0.1, 0.15) is 0 Å². The van der Waals surface area contributed by atoms with Crippen molar-refractivity contribution in [3.63, 3.8) is 0 Å². The Kier molecular flexibility index (Phi) is 5.68. The number of nitrogens with zero attached hydrogens (tertiary/aromatic N) is 1. The van der Waals surface area contributed by atoms with E-state index >= 15 is 0 Å². The largest absolute Gasteiger partial charge is 0.249 e. The average molecular weight is 309 g/mol. The second-order valence-electron chi connectivity index (χ2n) is 5.11. The van der Waals surface area contributed by atoms with Crippen LogP contribution in [-0.2, 0) is 10.8 Å². The highest BCUT2D eigenvalue weighted by atomic mass is 32.2. The van der Waals surface area contributed by atoms with Crippen molar-refractivity contribution < 1.29 is 4.21 Å². The summed E-state index contributed by atoms with van der Waals surface area (Å²) in [5, 5.41) is 9.44. The van der Waals surface area contributed by atoms with E-state index in [-0.39, 0.29) is 5.92 Å². The zero-order valence-electron chi connectivity index (χ0n) is 12.8. The minimum atomic E-state index is -1.27. The van der Waals surface area contributed by atoms with Gasteiger partial charge < -0.3 is 0 Å². The van der Waals surface area contributed by atoms with Gasteiger partial charge in [0.2, 0.25) is 0 Å². The molecule has 0 spiro atoms. The molecule has 2 aromatic rings. The monoisotopic (exact) mass is 309 g/mol. The molecule has 2 rings (SSSR count). The van der Waals surface area contributed by atoms with Crippen LogP contribution in [0.2, 0.25) is 0 Å². The molecule has 0 saturated carbocycles. The molecule has 2 nitrogen and oxygen atoms in total. The van der Waals surface area contributed by atoms with Crippen LogP contribution in [-0.4, -0.2) is 4.21 Å². The smallest absolute Gasteiger partial charge is 0.0852 e. The van der Waals surface area contributed by atoms with Gasteiger partial charge >= 0.3 is 0 Å². The molecule has 0 aliphatic carbocycles. The van der Waals surface area contributed by atoms with Gasteiger partial charge in [0.05, 0.1) is 22.8 Å². The second kappa shape index (κ2) is 7.72. The van der Waals surface area contributed by atoms with Crippen molar-refractivity contribution in [1.29, 1.82) is 5.26 Å². The number of allylic oxidation sites excluding steroid dienone is 2. The number of aryl methyl sites for hydroxylation is 1. The van der Waals surface area contributed by atoms with Gasteiger partial charge in [-0.15, -0.1) is 0 Å². The van der Waals surface area contributed by atoms with Crippen LogP contribution in [0.3, 0.4) is 0 Å². The van der Waals surface area contributed by atoms with Crippen molar-refractivity contribution in [3.05, 3.63) is 71.8 Å². The molecule has 2 atom stereocenters. The number of nitriles is 1. The van der Waals surface area contributed by atoms with Gasteiger partial charge in [0, 0.05) is 9.79 Å². The molecular formula is C19H19NOS. The summed E-state index contributed by atoms with van der Waals surface area (Å²) in [7, 11) is -1.27.